The molecule has 2 nitrogen and oxygen atoms in total. The van der Waals surface area contributed by atoms with Crippen molar-refractivity contribution in [2.24, 2.45) is 0 Å². The summed E-state index contributed by atoms with van der Waals surface area (Å²) in [7, 11) is 0. The zero-order valence-corrected chi connectivity index (χ0v) is 10.4. The Morgan fingerprint density at radius 3 is 3.07 bits per heavy atom. The van der Waals surface area contributed by atoms with E-state index in [1.54, 1.807) is 0 Å². The van der Waals surface area contributed by atoms with Crippen molar-refractivity contribution in [2.75, 3.05) is 5.33 Å². The number of hydrogen-bond acceptors (Lipinski definition) is 1. The first-order valence-electron chi connectivity index (χ1n) is 4.99. The fourth-order valence-corrected chi connectivity index (χ4v) is 1.65. The topological polar surface area (TPSA) is 17.8 Å². The highest BCUT2D eigenvalue weighted by molar-refractivity contribution is 9.09. The Morgan fingerprint density at radius 2 is 2.43 bits per heavy atom. The molecular weight excluding hydrogens is 240 g/mol. The maximum absolute atomic E-state index is 4.35. The number of hydrogen-bond donors (Lipinski definition) is 0. The van der Waals surface area contributed by atoms with Crippen molar-refractivity contribution in [3.05, 3.63) is 29.9 Å². The van der Waals surface area contributed by atoms with Gasteiger partial charge in [-0.05, 0) is 20.3 Å². The van der Waals surface area contributed by atoms with Crippen molar-refractivity contribution in [1.29, 1.82) is 0 Å². The normalized spacial score (nSPS) is 12.1. The lowest BCUT2D eigenvalue weighted by atomic mass is 10.2. The molecule has 0 aliphatic rings. The minimum atomic E-state index is 0.966. The zero-order valence-electron chi connectivity index (χ0n) is 8.83. The number of alkyl halides is 1. The van der Waals surface area contributed by atoms with Crippen molar-refractivity contribution in [3.63, 3.8) is 0 Å². The van der Waals surface area contributed by atoms with Crippen molar-refractivity contribution < 1.29 is 0 Å². The van der Waals surface area contributed by atoms with Gasteiger partial charge in [-0.15, -0.1) is 0 Å². The van der Waals surface area contributed by atoms with E-state index < -0.39 is 0 Å². The molecule has 0 bridgehead atoms. The van der Waals surface area contributed by atoms with E-state index in [0.717, 1.165) is 30.5 Å². The standard InChI is InChI=1S/C11H17BrN2/c1-3-14-8-7-13-11(14)9-10(2)5-4-6-12/h5,7-8H,3-4,6,9H2,1-2H3. The number of rotatable bonds is 5. The molecule has 0 atom stereocenters. The second-order valence-corrected chi connectivity index (χ2v) is 4.13. The lowest BCUT2D eigenvalue weighted by Crippen LogP contribution is -2.01. The van der Waals surface area contributed by atoms with Crippen LogP contribution in [0.5, 0.6) is 0 Å². The van der Waals surface area contributed by atoms with Crippen LogP contribution in [0.15, 0.2) is 24.0 Å². The molecule has 0 spiro atoms. The lowest BCUT2D eigenvalue weighted by molar-refractivity contribution is 0.709. The first-order valence-corrected chi connectivity index (χ1v) is 6.11. The largest absolute Gasteiger partial charge is 0.335 e. The van der Waals surface area contributed by atoms with Crippen LogP contribution in [0.3, 0.4) is 0 Å². The molecule has 1 heterocycles. The Bertz CT molecular complexity index is 302. The van der Waals surface area contributed by atoms with Gasteiger partial charge in [0.1, 0.15) is 5.82 Å². The van der Waals surface area contributed by atoms with E-state index in [1.165, 1.54) is 5.57 Å². The molecular formula is C11H17BrN2. The smallest absolute Gasteiger partial charge is 0.112 e. The fourth-order valence-electron chi connectivity index (χ4n) is 1.42. The Morgan fingerprint density at radius 1 is 1.64 bits per heavy atom. The van der Waals surface area contributed by atoms with E-state index in [-0.39, 0.29) is 0 Å². The van der Waals surface area contributed by atoms with Crippen LogP contribution in [0.25, 0.3) is 0 Å². The van der Waals surface area contributed by atoms with Gasteiger partial charge in [-0.1, -0.05) is 27.6 Å². The van der Waals surface area contributed by atoms with Gasteiger partial charge in [-0.3, -0.25) is 0 Å². The third-order valence-electron chi connectivity index (χ3n) is 2.18. The van der Waals surface area contributed by atoms with Crippen LogP contribution < -0.4 is 0 Å². The van der Waals surface area contributed by atoms with Gasteiger partial charge in [0.15, 0.2) is 0 Å². The van der Waals surface area contributed by atoms with Crippen LogP contribution in [0, 0.1) is 0 Å². The molecule has 1 aromatic heterocycles. The van der Waals surface area contributed by atoms with Crippen LogP contribution in [0.1, 0.15) is 26.1 Å². The first-order chi connectivity index (χ1) is 6.77. The average molecular weight is 257 g/mol. The van der Waals surface area contributed by atoms with Crippen LogP contribution in [0.2, 0.25) is 0 Å². The van der Waals surface area contributed by atoms with Gasteiger partial charge in [0.25, 0.3) is 0 Å². The van der Waals surface area contributed by atoms with Crippen molar-refractivity contribution in [3.8, 4) is 0 Å². The van der Waals surface area contributed by atoms with Gasteiger partial charge in [-0.25, -0.2) is 4.98 Å². The molecule has 1 rings (SSSR count). The van der Waals surface area contributed by atoms with Crippen LogP contribution >= 0.6 is 15.9 Å². The fraction of sp³-hybridized carbons (Fsp3) is 0.545. The lowest BCUT2D eigenvalue weighted by Gasteiger charge is -2.04. The maximum Gasteiger partial charge on any atom is 0.112 e. The molecule has 0 aromatic carbocycles. The van der Waals surface area contributed by atoms with E-state index >= 15 is 0 Å². The molecule has 0 unspecified atom stereocenters. The maximum atomic E-state index is 4.35. The predicted molar refractivity (Wildman–Crippen MR) is 63.8 cm³/mol. The summed E-state index contributed by atoms with van der Waals surface area (Å²) in [6.45, 7) is 5.31. The molecule has 14 heavy (non-hydrogen) atoms. The third kappa shape index (κ3) is 3.29. The second kappa shape index (κ2) is 6.02. The molecule has 0 amide bonds. The molecule has 3 heteroatoms. The highest BCUT2D eigenvalue weighted by Crippen LogP contribution is 2.07. The average Bonchev–Trinajstić information content (AvgIpc) is 2.62. The molecule has 0 aliphatic carbocycles. The minimum absolute atomic E-state index is 0.966. The number of allylic oxidation sites excluding steroid dienone is 2. The van der Waals surface area contributed by atoms with E-state index in [2.05, 4.69) is 45.4 Å². The van der Waals surface area contributed by atoms with Gasteiger partial charge in [0.05, 0.1) is 0 Å². The molecule has 1 aromatic rings. The molecule has 0 saturated heterocycles. The number of imidazole rings is 1. The highest BCUT2D eigenvalue weighted by atomic mass is 79.9. The number of aromatic nitrogens is 2. The van der Waals surface area contributed by atoms with Crippen LogP contribution in [-0.4, -0.2) is 14.9 Å². The van der Waals surface area contributed by atoms with Gasteiger partial charge in [-0.2, -0.15) is 0 Å². The molecule has 0 aliphatic heterocycles. The van der Waals surface area contributed by atoms with E-state index in [4.69, 9.17) is 0 Å². The summed E-state index contributed by atoms with van der Waals surface area (Å²) in [6, 6.07) is 0. The summed E-state index contributed by atoms with van der Waals surface area (Å²) in [6.07, 6.45) is 8.24. The number of aryl methyl sites for hydroxylation is 1. The van der Waals surface area contributed by atoms with Crippen molar-refractivity contribution in [2.45, 2.75) is 33.2 Å². The van der Waals surface area contributed by atoms with Crippen molar-refractivity contribution >= 4 is 15.9 Å². The van der Waals surface area contributed by atoms with E-state index in [0.29, 0.717) is 0 Å². The van der Waals surface area contributed by atoms with Crippen LogP contribution in [-0.2, 0) is 13.0 Å². The minimum Gasteiger partial charge on any atom is -0.335 e. The monoisotopic (exact) mass is 256 g/mol. The first kappa shape index (κ1) is 11.5. The van der Waals surface area contributed by atoms with E-state index in [9.17, 15) is 0 Å². The van der Waals surface area contributed by atoms with Gasteiger partial charge in [0, 0.05) is 30.7 Å². The Balaban J connectivity index is 2.59. The predicted octanol–water partition coefficient (Wildman–Crippen LogP) is 3.18. The van der Waals surface area contributed by atoms with Gasteiger partial charge in [0.2, 0.25) is 0 Å². The molecule has 0 radical (unpaired) electrons. The quantitative estimate of drug-likeness (QED) is 0.585. The molecule has 0 saturated carbocycles. The zero-order chi connectivity index (χ0) is 10.4. The number of halogens is 1. The second-order valence-electron chi connectivity index (χ2n) is 3.33. The SMILES string of the molecule is CCn1ccnc1CC(C)=CCCBr. The Labute approximate surface area is 94.2 Å². The molecule has 0 fully saturated rings. The molecule has 78 valence electrons. The van der Waals surface area contributed by atoms with Crippen molar-refractivity contribution in [1.82, 2.24) is 9.55 Å². The number of nitrogens with zero attached hydrogens (tertiary/aromatic N) is 2. The van der Waals surface area contributed by atoms with Gasteiger partial charge < -0.3 is 4.57 Å². The Kier molecular flexibility index (Phi) is 4.94. The molecule has 0 N–H and O–H groups in total. The summed E-state index contributed by atoms with van der Waals surface area (Å²) in [5, 5.41) is 1.03. The Hall–Kier alpha value is -0.570. The third-order valence-corrected chi connectivity index (χ3v) is 2.64. The summed E-state index contributed by atoms with van der Waals surface area (Å²) in [5.74, 6) is 1.16. The van der Waals surface area contributed by atoms with E-state index in [1.807, 2.05) is 12.4 Å². The highest BCUT2D eigenvalue weighted by Gasteiger charge is 2.01. The summed E-state index contributed by atoms with van der Waals surface area (Å²) in [5.41, 5.74) is 1.39. The summed E-state index contributed by atoms with van der Waals surface area (Å²) < 4.78 is 2.19. The summed E-state index contributed by atoms with van der Waals surface area (Å²) >= 11 is 3.42. The summed E-state index contributed by atoms with van der Waals surface area (Å²) in [4.78, 5) is 4.35. The van der Waals surface area contributed by atoms with Crippen LogP contribution in [0.4, 0.5) is 0 Å². The van der Waals surface area contributed by atoms with Gasteiger partial charge >= 0.3 is 0 Å².